The van der Waals surface area contributed by atoms with Crippen LogP contribution in [0.2, 0.25) is 0 Å². The smallest absolute Gasteiger partial charge is 0.150 e. The number of phenolic OH excluding ortho intramolecular Hbond substituents is 1. The largest absolute Gasteiger partial charge is 0.507 e. The van der Waals surface area contributed by atoms with Crippen molar-refractivity contribution in [2.75, 3.05) is 0 Å². The van der Waals surface area contributed by atoms with Crippen LogP contribution in [0.3, 0.4) is 0 Å². The molecule has 0 amide bonds. The van der Waals surface area contributed by atoms with Gasteiger partial charge in [-0.05, 0) is 63.6 Å². The van der Waals surface area contributed by atoms with E-state index >= 15 is 0 Å². The fourth-order valence-corrected chi connectivity index (χ4v) is 4.46. The van der Waals surface area contributed by atoms with Crippen LogP contribution >= 0.6 is 0 Å². The second-order valence-electron chi connectivity index (χ2n) is 9.50. The van der Waals surface area contributed by atoms with Crippen molar-refractivity contribution in [3.63, 3.8) is 0 Å². The van der Waals surface area contributed by atoms with E-state index in [-0.39, 0.29) is 16.6 Å². The van der Waals surface area contributed by atoms with E-state index in [1.807, 2.05) is 36.4 Å². The van der Waals surface area contributed by atoms with Gasteiger partial charge >= 0.3 is 0 Å². The molecular weight excluding hydrogens is 356 g/mol. The summed E-state index contributed by atoms with van der Waals surface area (Å²) in [4.78, 5) is 10.9. The predicted octanol–water partition coefficient (Wildman–Crippen LogP) is 6.89. The number of aldehydes is 1. The van der Waals surface area contributed by atoms with Crippen molar-refractivity contribution in [1.82, 2.24) is 0 Å². The molecule has 0 aromatic heterocycles. The molecule has 0 saturated carbocycles. The van der Waals surface area contributed by atoms with Crippen molar-refractivity contribution < 1.29 is 9.90 Å². The first kappa shape index (κ1) is 19.4. The van der Waals surface area contributed by atoms with E-state index in [4.69, 9.17) is 0 Å². The molecule has 29 heavy (non-hydrogen) atoms. The molecule has 0 saturated heterocycles. The number of rotatable bonds is 3. The molecule has 0 atom stereocenters. The Hall–Kier alpha value is -2.87. The molecule has 3 aromatic rings. The van der Waals surface area contributed by atoms with Crippen molar-refractivity contribution in [2.24, 2.45) is 0 Å². The fraction of sp³-hybridized carbons (Fsp3) is 0.296. The summed E-state index contributed by atoms with van der Waals surface area (Å²) in [5.74, 6) is 0.283. The van der Waals surface area contributed by atoms with Crippen LogP contribution in [0.1, 0.15) is 62.0 Å². The Balaban J connectivity index is 1.82. The predicted molar refractivity (Wildman–Crippen MR) is 120 cm³/mol. The lowest BCUT2D eigenvalue weighted by Gasteiger charge is -2.42. The average molecular weight is 385 g/mol. The van der Waals surface area contributed by atoms with E-state index in [1.54, 1.807) is 6.07 Å². The van der Waals surface area contributed by atoms with E-state index in [1.165, 1.54) is 17.5 Å². The number of hydrogen-bond donors (Lipinski definition) is 1. The normalized spacial score (nSPS) is 16.8. The van der Waals surface area contributed by atoms with Crippen LogP contribution in [0.15, 0.2) is 60.7 Å². The summed E-state index contributed by atoms with van der Waals surface area (Å²) in [6.07, 6.45) is 3.19. The Morgan fingerprint density at radius 2 is 1.31 bits per heavy atom. The van der Waals surface area contributed by atoms with Gasteiger partial charge in [-0.15, -0.1) is 0 Å². The quantitative estimate of drug-likeness (QED) is 0.499. The molecule has 0 heterocycles. The molecule has 0 radical (unpaired) electrons. The number of fused-ring (bicyclic) bond motifs is 1. The van der Waals surface area contributed by atoms with Gasteiger partial charge in [0.25, 0.3) is 0 Å². The zero-order valence-corrected chi connectivity index (χ0v) is 17.6. The molecule has 0 bridgehead atoms. The standard InChI is InChI=1S/C27H28O2/c1-26(2)13-14-27(3,4)24-16-21(9-11-23(24)26)22-15-20(10-12-25(22)29)19-7-5-18(17-28)6-8-19/h5-12,15-17,29H,13-14H2,1-4H3. The van der Waals surface area contributed by atoms with Crippen molar-refractivity contribution >= 4 is 6.29 Å². The summed E-state index contributed by atoms with van der Waals surface area (Å²) in [6.45, 7) is 9.27. The Morgan fingerprint density at radius 3 is 1.97 bits per heavy atom. The first-order valence-corrected chi connectivity index (χ1v) is 10.3. The highest BCUT2D eigenvalue weighted by molar-refractivity contribution is 5.80. The number of benzene rings is 3. The Bertz CT molecular complexity index is 1070. The van der Waals surface area contributed by atoms with Gasteiger partial charge in [-0.3, -0.25) is 4.79 Å². The van der Waals surface area contributed by atoms with Gasteiger partial charge < -0.3 is 5.11 Å². The maximum absolute atomic E-state index is 10.9. The lowest BCUT2D eigenvalue weighted by atomic mass is 9.63. The van der Waals surface area contributed by atoms with Gasteiger partial charge in [0.2, 0.25) is 0 Å². The molecule has 0 fully saturated rings. The fourth-order valence-electron chi connectivity index (χ4n) is 4.46. The second-order valence-corrected chi connectivity index (χ2v) is 9.50. The SMILES string of the molecule is CC1(C)CCC(C)(C)c2cc(-c3cc(-c4ccc(C=O)cc4)ccc3O)ccc21. The molecule has 0 spiro atoms. The van der Waals surface area contributed by atoms with E-state index in [9.17, 15) is 9.90 Å². The lowest BCUT2D eigenvalue weighted by molar-refractivity contribution is 0.112. The van der Waals surface area contributed by atoms with Gasteiger partial charge in [0.1, 0.15) is 12.0 Å². The first-order chi connectivity index (χ1) is 13.7. The number of phenols is 1. The molecule has 2 nitrogen and oxygen atoms in total. The summed E-state index contributed by atoms with van der Waals surface area (Å²) in [6, 6.07) is 19.9. The van der Waals surface area contributed by atoms with Crippen LogP contribution in [0, 0.1) is 0 Å². The summed E-state index contributed by atoms with van der Waals surface area (Å²) in [5, 5.41) is 10.6. The molecule has 2 heteroatoms. The van der Waals surface area contributed by atoms with Gasteiger partial charge in [0.15, 0.2) is 0 Å². The number of carbonyl (C=O) groups excluding carboxylic acids is 1. The highest BCUT2D eigenvalue weighted by Gasteiger charge is 2.37. The highest BCUT2D eigenvalue weighted by Crippen LogP contribution is 2.47. The molecule has 1 N–H and O–H groups in total. The highest BCUT2D eigenvalue weighted by atomic mass is 16.3. The molecule has 0 unspecified atom stereocenters. The van der Waals surface area contributed by atoms with Crippen LogP contribution in [-0.4, -0.2) is 11.4 Å². The van der Waals surface area contributed by atoms with E-state index in [0.29, 0.717) is 5.56 Å². The third-order valence-corrected chi connectivity index (χ3v) is 6.54. The van der Waals surface area contributed by atoms with E-state index < -0.39 is 0 Å². The molecule has 0 aliphatic heterocycles. The minimum Gasteiger partial charge on any atom is -0.507 e. The topological polar surface area (TPSA) is 37.3 Å². The Kier molecular flexibility index (Phi) is 4.61. The first-order valence-electron chi connectivity index (χ1n) is 10.3. The minimum atomic E-state index is 0.124. The number of hydrogen-bond acceptors (Lipinski definition) is 2. The van der Waals surface area contributed by atoms with Gasteiger partial charge in [0, 0.05) is 11.1 Å². The summed E-state index contributed by atoms with van der Waals surface area (Å²) in [7, 11) is 0. The number of carbonyl (C=O) groups is 1. The second kappa shape index (κ2) is 6.88. The molecule has 4 rings (SSSR count). The van der Waals surface area contributed by atoms with Crippen molar-refractivity contribution in [3.8, 4) is 28.0 Å². The van der Waals surface area contributed by atoms with Crippen molar-refractivity contribution in [2.45, 2.75) is 51.4 Å². The molecular formula is C27H28O2. The van der Waals surface area contributed by atoms with Gasteiger partial charge in [-0.2, -0.15) is 0 Å². The van der Waals surface area contributed by atoms with Crippen LogP contribution in [0.25, 0.3) is 22.3 Å². The van der Waals surface area contributed by atoms with E-state index in [0.717, 1.165) is 35.0 Å². The third kappa shape index (κ3) is 3.48. The number of aromatic hydroxyl groups is 1. The minimum absolute atomic E-state index is 0.124. The van der Waals surface area contributed by atoms with Crippen molar-refractivity contribution in [1.29, 1.82) is 0 Å². The molecule has 1 aliphatic carbocycles. The molecule has 148 valence electrons. The average Bonchev–Trinajstić information content (AvgIpc) is 2.72. The van der Waals surface area contributed by atoms with Crippen LogP contribution in [-0.2, 0) is 10.8 Å². The van der Waals surface area contributed by atoms with Crippen LogP contribution in [0.4, 0.5) is 0 Å². The summed E-state index contributed by atoms with van der Waals surface area (Å²) < 4.78 is 0. The zero-order valence-electron chi connectivity index (χ0n) is 17.6. The monoisotopic (exact) mass is 384 g/mol. The Labute approximate surface area is 173 Å². The molecule has 1 aliphatic rings. The van der Waals surface area contributed by atoms with Gasteiger partial charge in [0.05, 0.1) is 0 Å². The van der Waals surface area contributed by atoms with Gasteiger partial charge in [-0.25, -0.2) is 0 Å². The third-order valence-electron chi connectivity index (χ3n) is 6.54. The lowest BCUT2D eigenvalue weighted by Crippen LogP contribution is -2.33. The Morgan fingerprint density at radius 1 is 0.724 bits per heavy atom. The van der Waals surface area contributed by atoms with Crippen LogP contribution < -0.4 is 0 Å². The maximum atomic E-state index is 10.9. The molecule has 3 aromatic carbocycles. The van der Waals surface area contributed by atoms with Crippen molar-refractivity contribution in [3.05, 3.63) is 77.4 Å². The summed E-state index contributed by atoms with van der Waals surface area (Å²) >= 11 is 0. The van der Waals surface area contributed by atoms with Gasteiger partial charge in [-0.1, -0.05) is 76.2 Å². The zero-order chi connectivity index (χ0) is 20.8. The maximum Gasteiger partial charge on any atom is 0.150 e. The van der Waals surface area contributed by atoms with Crippen LogP contribution in [0.5, 0.6) is 5.75 Å². The van der Waals surface area contributed by atoms with E-state index in [2.05, 4.69) is 45.9 Å². The summed E-state index contributed by atoms with van der Waals surface area (Å²) in [5.41, 5.74) is 7.68.